The largest absolute Gasteiger partial charge is 0.462 e. The average Bonchev–Trinajstić information content (AvgIpc) is 3.16. The van der Waals surface area contributed by atoms with E-state index in [-0.39, 0.29) is 30.4 Å². The van der Waals surface area contributed by atoms with Gasteiger partial charge in [0.2, 0.25) is 0 Å². The molecule has 26 heavy (non-hydrogen) atoms. The lowest BCUT2D eigenvalue weighted by atomic mass is 9.81. The SMILES string of the molecule is CC1OCC(COC(=O)C2C=NCC(C)(C)c3c2[nH]c2ccccc32)O1. The first-order valence-electron chi connectivity index (χ1n) is 9.00. The minimum Gasteiger partial charge on any atom is -0.462 e. The van der Waals surface area contributed by atoms with E-state index >= 15 is 0 Å². The van der Waals surface area contributed by atoms with Gasteiger partial charge in [-0.05, 0) is 18.6 Å². The third-order valence-corrected chi connectivity index (χ3v) is 5.03. The highest BCUT2D eigenvalue weighted by Gasteiger charge is 2.36. The van der Waals surface area contributed by atoms with Crippen LogP contribution in [0.5, 0.6) is 0 Å². The molecule has 3 unspecified atom stereocenters. The highest BCUT2D eigenvalue weighted by Crippen LogP contribution is 2.39. The van der Waals surface area contributed by atoms with Gasteiger partial charge >= 0.3 is 5.97 Å². The van der Waals surface area contributed by atoms with Gasteiger partial charge in [-0.1, -0.05) is 32.0 Å². The van der Waals surface area contributed by atoms with Gasteiger partial charge in [0.1, 0.15) is 18.6 Å². The van der Waals surface area contributed by atoms with Crippen LogP contribution in [0.1, 0.15) is 37.9 Å². The molecule has 0 saturated carbocycles. The predicted octanol–water partition coefficient (Wildman–Crippen LogP) is 2.92. The van der Waals surface area contributed by atoms with Gasteiger partial charge in [0, 0.05) is 34.8 Å². The van der Waals surface area contributed by atoms with Crippen LogP contribution in [0.25, 0.3) is 10.9 Å². The first kappa shape index (κ1) is 17.2. The Hall–Kier alpha value is -2.18. The molecule has 3 heterocycles. The van der Waals surface area contributed by atoms with Crippen molar-refractivity contribution in [1.29, 1.82) is 0 Å². The summed E-state index contributed by atoms with van der Waals surface area (Å²) in [4.78, 5) is 20.7. The van der Waals surface area contributed by atoms with E-state index in [4.69, 9.17) is 14.2 Å². The maximum Gasteiger partial charge on any atom is 0.320 e. The number of hydrogen-bond acceptors (Lipinski definition) is 5. The maximum absolute atomic E-state index is 12.8. The molecule has 1 aromatic heterocycles. The van der Waals surface area contributed by atoms with Crippen LogP contribution in [-0.2, 0) is 24.4 Å². The summed E-state index contributed by atoms with van der Waals surface area (Å²) >= 11 is 0. The zero-order valence-electron chi connectivity index (χ0n) is 15.3. The summed E-state index contributed by atoms with van der Waals surface area (Å²) in [5.74, 6) is -0.860. The lowest BCUT2D eigenvalue weighted by Crippen LogP contribution is -2.26. The van der Waals surface area contributed by atoms with E-state index in [9.17, 15) is 4.79 Å². The third-order valence-electron chi connectivity index (χ3n) is 5.03. The lowest BCUT2D eigenvalue weighted by Gasteiger charge is -2.23. The number of para-hydroxylation sites is 1. The lowest BCUT2D eigenvalue weighted by molar-refractivity contribution is -0.147. The highest BCUT2D eigenvalue weighted by molar-refractivity contribution is 5.99. The fourth-order valence-electron chi connectivity index (χ4n) is 3.79. The van der Waals surface area contributed by atoms with Crippen LogP contribution in [0.2, 0.25) is 0 Å². The highest BCUT2D eigenvalue weighted by atomic mass is 16.7. The van der Waals surface area contributed by atoms with Crippen molar-refractivity contribution in [3.8, 4) is 0 Å². The Morgan fingerprint density at radius 3 is 2.96 bits per heavy atom. The summed E-state index contributed by atoms with van der Waals surface area (Å²) in [7, 11) is 0. The molecule has 6 heteroatoms. The standard InChI is InChI=1S/C20H24N2O4/c1-12-24-9-13(26-12)10-25-19(23)15-8-21-11-20(2,3)17-14-6-4-5-7-16(14)22-18(15)17/h4-8,12-13,15,22H,9-11H2,1-3H3. The molecule has 1 aromatic carbocycles. The van der Waals surface area contributed by atoms with Crippen LogP contribution in [-0.4, -0.2) is 49.3 Å². The monoisotopic (exact) mass is 356 g/mol. The second-order valence-corrected chi connectivity index (χ2v) is 7.60. The molecule has 6 nitrogen and oxygen atoms in total. The number of ether oxygens (including phenoxy) is 3. The Bertz CT molecular complexity index is 855. The number of nitrogens with one attached hydrogen (secondary N) is 1. The summed E-state index contributed by atoms with van der Waals surface area (Å²) in [6.45, 7) is 7.40. The number of fused-ring (bicyclic) bond motifs is 3. The molecular weight excluding hydrogens is 332 g/mol. The minimum atomic E-state index is -0.543. The number of H-pyrrole nitrogens is 1. The molecule has 0 radical (unpaired) electrons. The molecule has 0 bridgehead atoms. The van der Waals surface area contributed by atoms with Gasteiger partial charge in [0.05, 0.1) is 6.61 Å². The summed E-state index contributed by atoms with van der Waals surface area (Å²) in [5, 5.41) is 1.14. The fraction of sp³-hybridized carbons (Fsp3) is 0.500. The molecule has 138 valence electrons. The molecule has 1 N–H and O–H groups in total. The molecule has 3 atom stereocenters. The second-order valence-electron chi connectivity index (χ2n) is 7.60. The molecular formula is C20H24N2O4. The average molecular weight is 356 g/mol. The van der Waals surface area contributed by atoms with Crippen molar-refractivity contribution in [3.05, 3.63) is 35.5 Å². The number of aromatic amines is 1. The van der Waals surface area contributed by atoms with Crippen molar-refractivity contribution in [2.75, 3.05) is 19.8 Å². The first-order valence-corrected chi connectivity index (χ1v) is 9.00. The maximum atomic E-state index is 12.8. The van der Waals surface area contributed by atoms with Crippen molar-refractivity contribution < 1.29 is 19.0 Å². The van der Waals surface area contributed by atoms with Gasteiger partial charge in [-0.15, -0.1) is 0 Å². The van der Waals surface area contributed by atoms with E-state index < -0.39 is 5.92 Å². The van der Waals surface area contributed by atoms with Crippen molar-refractivity contribution in [1.82, 2.24) is 4.98 Å². The van der Waals surface area contributed by atoms with E-state index in [1.165, 1.54) is 0 Å². The Morgan fingerprint density at radius 1 is 1.38 bits per heavy atom. The summed E-state index contributed by atoms with van der Waals surface area (Å²) in [6.07, 6.45) is 1.24. The van der Waals surface area contributed by atoms with E-state index in [1.807, 2.05) is 25.1 Å². The predicted molar refractivity (Wildman–Crippen MR) is 98.7 cm³/mol. The summed E-state index contributed by atoms with van der Waals surface area (Å²) < 4.78 is 16.4. The number of nitrogens with zero attached hydrogens (tertiary/aromatic N) is 1. The zero-order valence-corrected chi connectivity index (χ0v) is 15.3. The van der Waals surface area contributed by atoms with Crippen LogP contribution in [0.3, 0.4) is 0 Å². The van der Waals surface area contributed by atoms with Gasteiger partial charge in [0.25, 0.3) is 0 Å². The van der Waals surface area contributed by atoms with Gasteiger partial charge in [-0.3, -0.25) is 9.79 Å². The van der Waals surface area contributed by atoms with Crippen molar-refractivity contribution in [2.24, 2.45) is 4.99 Å². The Morgan fingerprint density at radius 2 is 2.19 bits per heavy atom. The Labute approximate surface area is 152 Å². The van der Waals surface area contributed by atoms with Crippen LogP contribution >= 0.6 is 0 Å². The van der Waals surface area contributed by atoms with Crippen LogP contribution in [0, 0.1) is 0 Å². The van der Waals surface area contributed by atoms with Crippen molar-refractivity contribution in [3.63, 3.8) is 0 Å². The van der Waals surface area contributed by atoms with E-state index in [2.05, 4.69) is 29.9 Å². The summed E-state index contributed by atoms with van der Waals surface area (Å²) in [6, 6.07) is 8.13. The number of carbonyl (C=O) groups is 1. The molecule has 4 rings (SSSR count). The van der Waals surface area contributed by atoms with Gasteiger partial charge < -0.3 is 19.2 Å². The van der Waals surface area contributed by atoms with Gasteiger partial charge in [-0.25, -0.2) is 0 Å². The number of hydrogen-bond donors (Lipinski definition) is 1. The third kappa shape index (κ3) is 3.04. The number of rotatable bonds is 3. The van der Waals surface area contributed by atoms with E-state index in [0.29, 0.717) is 13.2 Å². The Balaban J connectivity index is 1.63. The fourth-order valence-corrected chi connectivity index (χ4v) is 3.79. The van der Waals surface area contributed by atoms with Crippen LogP contribution in [0.4, 0.5) is 0 Å². The molecule has 2 aliphatic rings. The number of carbonyl (C=O) groups excluding carboxylic acids is 1. The topological polar surface area (TPSA) is 72.9 Å². The Kier molecular flexibility index (Phi) is 4.32. The normalized spacial score (nSPS) is 27.3. The number of aromatic nitrogens is 1. The quantitative estimate of drug-likeness (QED) is 0.858. The van der Waals surface area contributed by atoms with Crippen molar-refractivity contribution in [2.45, 2.75) is 44.5 Å². The smallest absolute Gasteiger partial charge is 0.320 e. The van der Waals surface area contributed by atoms with E-state index in [1.54, 1.807) is 6.21 Å². The zero-order chi connectivity index (χ0) is 18.3. The molecule has 0 spiro atoms. The van der Waals surface area contributed by atoms with Crippen LogP contribution in [0.15, 0.2) is 29.3 Å². The number of aliphatic imine (C=N–C) groups is 1. The molecule has 2 aromatic rings. The molecule has 1 fully saturated rings. The molecule has 1 saturated heterocycles. The van der Waals surface area contributed by atoms with Gasteiger partial charge in [-0.2, -0.15) is 0 Å². The minimum absolute atomic E-state index is 0.168. The van der Waals surface area contributed by atoms with Crippen molar-refractivity contribution >= 4 is 23.1 Å². The van der Waals surface area contributed by atoms with Gasteiger partial charge in [0.15, 0.2) is 6.29 Å². The summed E-state index contributed by atoms with van der Waals surface area (Å²) in [5.41, 5.74) is 2.87. The van der Waals surface area contributed by atoms with Crippen LogP contribution < -0.4 is 0 Å². The number of esters is 1. The molecule has 0 amide bonds. The first-order chi connectivity index (χ1) is 12.5. The number of benzene rings is 1. The van der Waals surface area contributed by atoms with E-state index in [0.717, 1.165) is 22.2 Å². The molecule has 0 aliphatic carbocycles. The second kappa shape index (κ2) is 6.52. The molecule has 2 aliphatic heterocycles.